The minimum absolute atomic E-state index is 0.0800. The van der Waals surface area contributed by atoms with E-state index in [0.717, 1.165) is 0 Å². The highest BCUT2D eigenvalue weighted by molar-refractivity contribution is 8.13. The number of benzene rings is 1. The van der Waals surface area contributed by atoms with Crippen LogP contribution >= 0.6 is 10.7 Å². The van der Waals surface area contributed by atoms with E-state index in [0.29, 0.717) is 5.56 Å². The largest absolute Gasteiger partial charge is 0.507 e. The molecule has 1 N–H and O–H groups in total. The van der Waals surface area contributed by atoms with E-state index in [1.54, 1.807) is 12.1 Å². The van der Waals surface area contributed by atoms with Crippen molar-refractivity contribution >= 4 is 19.7 Å². The summed E-state index contributed by atoms with van der Waals surface area (Å²) in [5.41, 5.74) is 0.815. The standard InChI is InChI=1S/C9H11ClO4S/c1-14-5-7-3-2-4-8(9(7)11)6-15(10,12)13/h2-4,11H,5-6H2,1H3. The number of methoxy groups -OCH3 is 1. The van der Waals surface area contributed by atoms with Crippen LogP contribution < -0.4 is 0 Å². The third-order valence-corrected chi connectivity index (χ3v) is 2.81. The van der Waals surface area contributed by atoms with Gasteiger partial charge >= 0.3 is 0 Å². The Morgan fingerprint density at radius 1 is 1.40 bits per heavy atom. The Hall–Kier alpha value is -0.780. The average Bonchev–Trinajstić information content (AvgIpc) is 2.10. The predicted octanol–water partition coefficient (Wildman–Crippen LogP) is 1.61. The van der Waals surface area contributed by atoms with Crippen LogP contribution in [0.25, 0.3) is 0 Å². The molecule has 0 spiro atoms. The third kappa shape index (κ3) is 3.70. The Labute approximate surface area is 92.9 Å². The second-order valence-corrected chi connectivity index (χ2v) is 5.82. The van der Waals surface area contributed by atoms with Gasteiger partial charge < -0.3 is 9.84 Å². The number of aromatic hydroxyl groups is 1. The Bertz CT molecular complexity index is 441. The van der Waals surface area contributed by atoms with Crippen molar-refractivity contribution in [2.75, 3.05) is 7.11 Å². The van der Waals surface area contributed by atoms with E-state index in [2.05, 4.69) is 0 Å². The van der Waals surface area contributed by atoms with E-state index < -0.39 is 14.8 Å². The molecule has 0 atom stereocenters. The van der Waals surface area contributed by atoms with Gasteiger partial charge in [0.05, 0.1) is 12.4 Å². The Kier molecular flexibility index (Phi) is 3.96. The maximum atomic E-state index is 10.8. The maximum absolute atomic E-state index is 10.8. The molecule has 1 aromatic rings. The van der Waals surface area contributed by atoms with Gasteiger partial charge in [-0.1, -0.05) is 18.2 Å². The maximum Gasteiger partial charge on any atom is 0.236 e. The molecular formula is C9H11ClO4S. The molecule has 0 aliphatic rings. The first-order valence-electron chi connectivity index (χ1n) is 4.15. The van der Waals surface area contributed by atoms with Gasteiger partial charge in [0.1, 0.15) is 5.75 Å². The normalized spacial score (nSPS) is 11.6. The summed E-state index contributed by atoms with van der Waals surface area (Å²) in [4.78, 5) is 0. The van der Waals surface area contributed by atoms with Crippen molar-refractivity contribution in [1.29, 1.82) is 0 Å². The SMILES string of the molecule is COCc1cccc(CS(=O)(=O)Cl)c1O. The molecule has 0 amide bonds. The van der Waals surface area contributed by atoms with E-state index in [1.807, 2.05) is 0 Å². The van der Waals surface area contributed by atoms with Gasteiger partial charge in [0, 0.05) is 28.9 Å². The molecule has 15 heavy (non-hydrogen) atoms. The minimum atomic E-state index is -3.66. The van der Waals surface area contributed by atoms with Gasteiger partial charge in [0.2, 0.25) is 9.05 Å². The van der Waals surface area contributed by atoms with Crippen LogP contribution in [0.1, 0.15) is 11.1 Å². The minimum Gasteiger partial charge on any atom is -0.507 e. The molecule has 1 rings (SSSR count). The third-order valence-electron chi connectivity index (χ3n) is 1.83. The topological polar surface area (TPSA) is 63.6 Å². The Balaban J connectivity index is 3.04. The summed E-state index contributed by atoms with van der Waals surface area (Å²) < 4.78 is 26.5. The second-order valence-electron chi connectivity index (χ2n) is 3.04. The summed E-state index contributed by atoms with van der Waals surface area (Å²) in [5.74, 6) is -0.471. The Morgan fingerprint density at radius 2 is 2.00 bits per heavy atom. The fraction of sp³-hybridized carbons (Fsp3) is 0.333. The van der Waals surface area contributed by atoms with Crippen molar-refractivity contribution in [1.82, 2.24) is 0 Å². The number of hydrogen-bond acceptors (Lipinski definition) is 4. The highest BCUT2D eigenvalue weighted by Crippen LogP contribution is 2.25. The van der Waals surface area contributed by atoms with Crippen LogP contribution in [0.5, 0.6) is 5.75 Å². The molecule has 4 nitrogen and oxygen atoms in total. The van der Waals surface area contributed by atoms with Crippen molar-refractivity contribution in [3.8, 4) is 5.75 Å². The van der Waals surface area contributed by atoms with Gasteiger partial charge in [0.15, 0.2) is 0 Å². The molecule has 1 aromatic carbocycles. The van der Waals surface area contributed by atoms with Crippen LogP contribution in [-0.2, 0) is 26.1 Å². The monoisotopic (exact) mass is 250 g/mol. The van der Waals surface area contributed by atoms with E-state index in [4.69, 9.17) is 15.4 Å². The van der Waals surface area contributed by atoms with Gasteiger partial charge in [-0.15, -0.1) is 0 Å². The number of hydrogen-bond donors (Lipinski definition) is 1. The zero-order chi connectivity index (χ0) is 11.5. The average molecular weight is 251 g/mol. The lowest BCUT2D eigenvalue weighted by atomic mass is 10.1. The van der Waals surface area contributed by atoms with E-state index in [1.165, 1.54) is 13.2 Å². The van der Waals surface area contributed by atoms with Crippen molar-refractivity contribution in [3.05, 3.63) is 29.3 Å². The molecule has 6 heteroatoms. The summed E-state index contributed by atoms with van der Waals surface area (Å²) in [6.07, 6.45) is 0. The number of phenols is 1. The van der Waals surface area contributed by atoms with Gasteiger partial charge in [0.25, 0.3) is 0 Å². The summed E-state index contributed by atoms with van der Waals surface area (Å²) >= 11 is 0. The molecule has 0 bridgehead atoms. The van der Waals surface area contributed by atoms with Crippen LogP contribution in [0.15, 0.2) is 18.2 Å². The fourth-order valence-corrected chi connectivity index (χ4v) is 2.18. The van der Waals surface area contributed by atoms with Crippen molar-refractivity contribution in [2.24, 2.45) is 0 Å². The van der Waals surface area contributed by atoms with E-state index in [-0.39, 0.29) is 17.9 Å². The number of phenolic OH excluding ortho intramolecular Hbond substituents is 1. The number of rotatable bonds is 4. The van der Waals surface area contributed by atoms with Crippen LogP contribution in [0, 0.1) is 0 Å². The molecular weight excluding hydrogens is 240 g/mol. The van der Waals surface area contributed by atoms with Crippen LogP contribution in [0.2, 0.25) is 0 Å². The highest BCUT2D eigenvalue weighted by Gasteiger charge is 2.13. The first-order chi connectivity index (χ1) is 6.94. The quantitative estimate of drug-likeness (QED) is 0.825. The zero-order valence-electron chi connectivity index (χ0n) is 8.10. The number of halogens is 1. The smallest absolute Gasteiger partial charge is 0.236 e. The molecule has 0 unspecified atom stereocenters. The van der Waals surface area contributed by atoms with Crippen LogP contribution in [0.3, 0.4) is 0 Å². The first kappa shape index (κ1) is 12.3. The molecule has 0 saturated heterocycles. The Morgan fingerprint density at radius 3 is 2.53 bits per heavy atom. The van der Waals surface area contributed by atoms with Crippen molar-refractivity contribution < 1.29 is 18.3 Å². The molecule has 0 aliphatic carbocycles. The van der Waals surface area contributed by atoms with Crippen molar-refractivity contribution in [2.45, 2.75) is 12.4 Å². The molecule has 0 aromatic heterocycles. The summed E-state index contributed by atoms with van der Waals surface area (Å²) in [6.45, 7) is 0.224. The predicted molar refractivity (Wildman–Crippen MR) is 57.3 cm³/mol. The molecule has 0 fully saturated rings. The molecule has 0 heterocycles. The fourth-order valence-electron chi connectivity index (χ4n) is 1.22. The number of ether oxygens (including phenoxy) is 1. The van der Waals surface area contributed by atoms with Gasteiger partial charge in [-0.3, -0.25) is 0 Å². The highest BCUT2D eigenvalue weighted by atomic mass is 35.7. The van der Waals surface area contributed by atoms with Gasteiger partial charge in [-0.25, -0.2) is 8.42 Å². The molecule has 0 saturated carbocycles. The summed E-state index contributed by atoms with van der Waals surface area (Å²) in [5, 5.41) is 9.68. The van der Waals surface area contributed by atoms with Crippen molar-refractivity contribution in [3.63, 3.8) is 0 Å². The van der Waals surface area contributed by atoms with Gasteiger partial charge in [-0.05, 0) is 0 Å². The van der Waals surface area contributed by atoms with Crippen LogP contribution in [0.4, 0.5) is 0 Å². The lowest BCUT2D eigenvalue weighted by Gasteiger charge is -2.07. The number of para-hydroxylation sites is 1. The lowest BCUT2D eigenvalue weighted by molar-refractivity contribution is 0.182. The summed E-state index contributed by atoms with van der Waals surface area (Å²) in [6, 6.07) is 4.81. The first-order valence-corrected chi connectivity index (χ1v) is 6.63. The lowest BCUT2D eigenvalue weighted by Crippen LogP contribution is -1.98. The van der Waals surface area contributed by atoms with E-state index >= 15 is 0 Å². The zero-order valence-corrected chi connectivity index (χ0v) is 9.68. The molecule has 0 aliphatic heterocycles. The van der Waals surface area contributed by atoms with E-state index in [9.17, 15) is 13.5 Å². The molecule has 0 radical (unpaired) electrons. The second kappa shape index (κ2) is 4.83. The molecule has 84 valence electrons. The van der Waals surface area contributed by atoms with Gasteiger partial charge in [-0.2, -0.15) is 0 Å². The van der Waals surface area contributed by atoms with Crippen LogP contribution in [-0.4, -0.2) is 20.6 Å². The summed E-state index contributed by atoms with van der Waals surface area (Å²) in [7, 11) is 2.93.